The van der Waals surface area contributed by atoms with Gasteiger partial charge in [0.05, 0.1) is 16.3 Å². The topological polar surface area (TPSA) is 121 Å². The van der Waals surface area contributed by atoms with E-state index < -0.39 is 10.0 Å². The van der Waals surface area contributed by atoms with Gasteiger partial charge in [-0.05, 0) is 36.4 Å². The van der Waals surface area contributed by atoms with Crippen LogP contribution in [0.1, 0.15) is 5.01 Å². The second-order valence-corrected chi connectivity index (χ2v) is 8.63. The number of primary sulfonamides is 1. The molecule has 0 saturated heterocycles. The largest absolute Gasteiger partial charge is 0.277 e. The molecule has 1 heterocycles. The summed E-state index contributed by atoms with van der Waals surface area (Å²) in [5.41, 5.74) is 5.04. The summed E-state index contributed by atoms with van der Waals surface area (Å²) in [5, 5.41) is 20.8. The average molecular weight is 462 g/mol. The number of anilines is 1. The molecule has 0 aliphatic rings. The molecule has 0 aliphatic carbocycles. The second kappa shape index (κ2) is 7.98. The highest BCUT2D eigenvalue weighted by Crippen LogP contribution is 2.24. The van der Waals surface area contributed by atoms with E-state index in [9.17, 15) is 13.7 Å². The van der Waals surface area contributed by atoms with Crippen molar-refractivity contribution in [2.45, 2.75) is 4.90 Å². The predicted molar refractivity (Wildman–Crippen MR) is 109 cm³/mol. The lowest BCUT2D eigenvalue weighted by molar-refractivity contribution is 0.598. The van der Waals surface area contributed by atoms with Crippen LogP contribution in [-0.4, -0.2) is 19.1 Å². The molecule has 0 aliphatic heterocycles. The Morgan fingerprint density at radius 1 is 1.19 bits per heavy atom. The Hall–Kier alpha value is -2.58. The number of thiazole rings is 1. The number of halogens is 1. The lowest BCUT2D eigenvalue weighted by Gasteiger charge is -2.02. The van der Waals surface area contributed by atoms with Crippen LogP contribution < -0.4 is 10.6 Å². The van der Waals surface area contributed by atoms with Crippen molar-refractivity contribution >= 4 is 48.7 Å². The van der Waals surface area contributed by atoms with Crippen LogP contribution >= 0.6 is 27.3 Å². The number of benzene rings is 2. The van der Waals surface area contributed by atoms with Crippen molar-refractivity contribution < 1.29 is 8.42 Å². The van der Waals surface area contributed by atoms with Crippen molar-refractivity contribution in [1.29, 1.82) is 5.26 Å². The molecule has 0 saturated carbocycles. The van der Waals surface area contributed by atoms with Gasteiger partial charge in [-0.3, -0.25) is 5.43 Å². The van der Waals surface area contributed by atoms with E-state index >= 15 is 0 Å². The van der Waals surface area contributed by atoms with E-state index in [1.165, 1.54) is 35.6 Å². The number of hydrogen-bond donors (Lipinski definition) is 2. The van der Waals surface area contributed by atoms with E-state index in [2.05, 4.69) is 31.4 Å². The Morgan fingerprint density at radius 2 is 1.85 bits per heavy atom. The molecule has 7 nitrogen and oxygen atoms in total. The van der Waals surface area contributed by atoms with Crippen LogP contribution in [-0.2, 0) is 10.0 Å². The molecule has 1 aromatic heterocycles. The van der Waals surface area contributed by atoms with Gasteiger partial charge in [0, 0.05) is 15.4 Å². The molecule has 27 heavy (non-hydrogen) atoms. The maximum Gasteiger partial charge on any atom is 0.238 e. The summed E-state index contributed by atoms with van der Waals surface area (Å²) in [7, 11) is -3.75. The highest BCUT2D eigenvalue weighted by atomic mass is 79.9. The molecule has 3 aromatic rings. The average Bonchev–Trinajstić information content (AvgIpc) is 3.12. The molecule has 0 bridgehead atoms. The summed E-state index contributed by atoms with van der Waals surface area (Å²) < 4.78 is 23.5. The first-order chi connectivity index (χ1) is 12.9. The van der Waals surface area contributed by atoms with Crippen molar-refractivity contribution in [1.82, 2.24) is 4.98 Å². The highest BCUT2D eigenvalue weighted by Gasteiger charge is 2.11. The third kappa shape index (κ3) is 4.78. The standard InChI is InChI=1S/C17H12BrN5O2S2/c18-12-3-1-11(2-4-12)16-10-26-17(21-16)15(9-19)23-22-13-5-7-14(8-6-13)27(20,24)25/h1-8,10,22H,(H2,20,24,25). The Morgan fingerprint density at radius 3 is 2.44 bits per heavy atom. The molecule has 136 valence electrons. The van der Waals surface area contributed by atoms with Crippen molar-refractivity contribution in [2.75, 3.05) is 5.43 Å². The number of nitrogens with zero attached hydrogens (tertiary/aromatic N) is 3. The summed E-state index contributed by atoms with van der Waals surface area (Å²) in [6.45, 7) is 0. The number of nitrogens with two attached hydrogens (primary N) is 1. The first-order valence-corrected chi connectivity index (χ1v) is 10.7. The second-order valence-electron chi connectivity index (χ2n) is 5.30. The van der Waals surface area contributed by atoms with Gasteiger partial charge < -0.3 is 0 Å². The van der Waals surface area contributed by atoms with Crippen molar-refractivity contribution in [3.05, 3.63) is 63.4 Å². The number of aromatic nitrogens is 1. The third-order valence-corrected chi connectivity index (χ3v) is 5.74. The Kier molecular flexibility index (Phi) is 5.67. The Bertz CT molecular complexity index is 1130. The summed E-state index contributed by atoms with van der Waals surface area (Å²) in [6, 6.07) is 15.4. The predicted octanol–water partition coefficient (Wildman–Crippen LogP) is 3.56. The maximum absolute atomic E-state index is 11.3. The lowest BCUT2D eigenvalue weighted by Crippen LogP contribution is -2.11. The minimum absolute atomic E-state index is 0.00315. The summed E-state index contributed by atoms with van der Waals surface area (Å²) in [4.78, 5) is 4.45. The molecule has 10 heteroatoms. The molecular weight excluding hydrogens is 450 g/mol. The maximum atomic E-state index is 11.3. The first kappa shape index (κ1) is 19.2. The normalized spacial score (nSPS) is 11.8. The van der Waals surface area contributed by atoms with Crippen LogP contribution in [0.25, 0.3) is 11.3 Å². The molecule has 3 rings (SSSR count). The van der Waals surface area contributed by atoms with Gasteiger partial charge in [-0.25, -0.2) is 18.5 Å². The molecule has 0 unspecified atom stereocenters. The van der Waals surface area contributed by atoms with Crippen LogP contribution in [0, 0.1) is 11.3 Å². The highest BCUT2D eigenvalue weighted by molar-refractivity contribution is 9.10. The molecule has 0 fully saturated rings. The van der Waals surface area contributed by atoms with Crippen LogP contribution in [0.4, 0.5) is 5.69 Å². The van der Waals surface area contributed by atoms with Crippen molar-refractivity contribution in [3.8, 4) is 17.3 Å². The Labute approximate surface area is 168 Å². The van der Waals surface area contributed by atoms with E-state index in [0.717, 1.165) is 15.7 Å². The van der Waals surface area contributed by atoms with E-state index in [-0.39, 0.29) is 10.6 Å². The number of nitriles is 1. The fourth-order valence-corrected chi connectivity index (χ4v) is 3.64. The molecule has 0 spiro atoms. The molecule has 0 radical (unpaired) electrons. The number of hydrogen-bond acceptors (Lipinski definition) is 7. The van der Waals surface area contributed by atoms with Crippen LogP contribution in [0.5, 0.6) is 0 Å². The zero-order valence-corrected chi connectivity index (χ0v) is 16.8. The number of rotatable bonds is 5. The van der Waals surface area contributed by atoms with Gasteiger partial charge in [0.1, 0.15) is 6.07 Å². The SMILES string of the molecule is N#CC(=NNc1ccc(S(N)(=O)=O)cc1)c1nc(-c2ccc(Br)cc2)cs1. The van der Waals surface area contributed by atoms with Crippen molar-refractivity contribution in [2.24, 2.45) is 10.2 Å². The van der Waals surface area contributed by atoms with Crippen molar-refractivity contribution in [3.63, 3.8) is 0 Å². The van der Waals surface area contributed by atoms with Gasteiger partial charge in [-0.1, -0.05) is 28.1 Å². The van der Waals surface area contributed by atoms with Gasteiger partial charge in [0.15, 0.2) is 10.7 Å². The fourth-order valence-electron chi connectivity index (χ4n) is 2.10. The Balaban J connectivity index is 1.79. The smallest absolute Gasteiger partial charge is 0.238 e. The van der Waals surface area contributed by atoms with E-state index in [0.29, 0.717) is 10.7 Å². The van der Waals surface area contributed by atoms with E-state index in [1.807, 2.05) is 35.7 Å². The van der Waals surface area contributed by atoms with Gasteiger partial charge in [-0.15, -0.1) is 11.3 Å². The summed E-state index contributed by atoms with van der Waals surface area (Å²) >= 11 is 4.70. The zero-order valence-electron chi connectivity index (χ0n) is 13.6. The van der Waals surface area contributed by atoms with Crippen LogP contribution in [0.3, 0.4) is 0 Å². The minimum Gasteiger partial charge on any atom is -0.277 e. The minimum atomic E-state index is -3.75. The zero-order chi connectivity index (χ0) is 19.4. The van der Waals surface area contributed by atoms with Gasteiger partial charge in [0.2, 0.25) is 10.0 Å². The summed E-state index contributed by atoms with van der Waals surface area (Å²) in [6.07, 6.45) is 0. The summed E-state index contributed by atoms with van der Waals surface area (Å²) in [5.74, 6) is 0. The molecule has 0 amide bonds. The number of hydrazone groups is 1. The van der Waals surface area contributed by atoms with Gasteiger partial charge >= 0.3 is 0 Å². The quantitative estimate of drug-likeness (QED) is 0.444. The molecule has 3 N–H and O–H groups in total. The van der Waals surface area contributed by atoms with Crippen LogP contribution in [0.2, 0.25) is 0 Å². The molecule has 0 atom stereocenters. The van der Waals surface area contributed by atoms with E-state index in [4.69, 9.17) is 5.14 Å². The lowest BCUT2D eigenvalue weighted by atomic mass is 10.2. The monoisotopic (exact) mass is 461 g/mol. The number of sulfonamides is 1. The fraction of sp³-hybridized carbons (Fsp3) is 0. The third-order valence-electron chi connectivity index (χ3n) is 3.43. The number of nitrogens with one attached hydrogen (secondary N) is 1. The van der Waals surface area contributed by atoms with E-state index in [1.54, 1.807) is 0 Å². The molecular formula is C17H12BrN5O2S2. The molecule has 2 aromatic carbocycles. The van der Waals surface area contributed by atoms with Gasteiger partial charge in [-0.2, -0.15) is 10.4 Å². The van der Waals surface area contributed by atoms with Gasteiger partial charge in [0.25, 0.3) is 0 Å². The van der Waals surface area contributed by atoms with Crippen LogP contribution in [0.15, 0.2) is 68.4 Å². The first-order valence-electron chi connectivity index (χ1n) is 7.45.